The monoisotopic (exact) mass is 369 g/mol. The van der Waals surface area contributed by atoms with Crippen LogP contribution in [-0.4, -0.2) is 32.0 Å². The largest absolute Gasteiger partial charge is 0.490 e. The Morgan fingerprint density at radius 3 is 2.44 bits per heavy atom. The van der Waals surface area contributed by atoms with Crippen LogP contribution in [0.15, 0.2) is 42.5 Å². The van der Waals surface area contributed by atoms with Crippen LogP contribution in [0.3, 0.4) is 0 Å². The van der Waals surface area contributed by atoms with E-state index in [9.17, 15) is 9.59 Å². The molecule has 1 amide bonds. The normalized spacial score (nSPS) is 10.5. The zero-order chi connectivity index (χ0) is 19.6. The van der Waals surface area contributed by atoms with Gasteiger partial charge >= 0.3 is 0 Å². The SMILES string of the molecule is CCOc1cc(C=O)ccc1OCC(=O)NCCc1ccc(C(C)C)cc1. The molecule has 0 aromatic heterocycles. The van der Waals surface area contributed by atoms with Gasteiger partial charge < -0.3 is 14.8 Å². The third kappa shape index (κ3) is 6.44. The molecule has 1 N–H and O–H groups in total. The zero-order valence-electron chi connectivity index (χ0n) is 16.2. The van der Waals surface area contributed by atoms with Crippen LogP contribution in [0.2, 0.25) is 0 Å². The van der Waals surface area contributed by atoms with Gasteiger partial charge in [-0.3, -0.25) is 9.59 Å². The summed E-state index contributed by atoms with van der Waals surface area (Å²) in [6, 6.07) is 13.3. The summed E-state index contributed by atoms with van der Waals surface area (Å²) in [5.41, 5.74) is 2.99. The predicted octanol–water partition coefficient (Wildman–Crippen LogP) is 3.76. The van der Waals surface area contributed by atoms with Crippen molar-refractivity contribution in [2.75, 3.05) is 19.8 Å². The van der Waals surface area contributed by atoms with E-state index in [1.165, 1.54) is 11.1 Å². The highest BCUT2D eigenvalue weighted by molar-refractivity contribution is 5.78. The topological polar surface area (TPSA) is 64.6 Å². The summed E-state index contributed by atoms with van der Waals surface area (Å²) in [6.45, 7) is 7.06. The van der Waals surface area contributed by atoms with Gasteiger partial charge in [0.15, 0.2) is 18.1 Å². The standard InChI is InChI=1S/C22H27NO4/c1-4-26-21-13-18(14-24)7-10-20(21)27-15-22(25)23-12-11-17-5-8-19(9-6-17)16(2)3/h5-10,13-14,16H,4,11-12,15H2,1-3H3,(H,23,25). The van der Waals surface area contributed by atoms with Crippen LogP contribution >= 0.6 is 0 Å². The molecule has 0 spiro atoms. The molecular weight excluding hydrogens is 342 g/mol. The van der Waals surface area contributed by atoms with E-state index in [-0.39, 0.29) is 12.5 Å². The Hall–Kier alpha value is -2.82. The van der Waals surface area contributed by atoms with Gasteiger partial charge in [0.25, 0.3) is 5.91 Å². The van der Waals surface area contributed by atoms with Crippen molar-refractivity contribution in [2.24, 2.45) is 0 Å². The number of aldehydes is 1. The molecule has 2 aromatic carbocycles. The van der Waals surface area contributed by atoms with E-state index >= 15 is 0 Å². The third-order valence-electron chi connectivity index (χ3n) is 4.14. The summed E-state index contributed by atoms with van der Waals surface area (Å²) >= 11 is 0. The first kappa shape index (κ1) is 20.5. The molecule has 0 saturated carbocycles. The van der Waals surface area contributed by atoms with Gasteiger partial charge in [-0.15, -0.1) is 0 Å². The summed E-state index contributed by atoms with van der Waals surface area (Å²) < 4.78 is 11.0. The maximum Gasteiger partial charge on any atom is 0.257 e. The van der Waals surface area contributed by atoms with Crippen molar-refractivity contribution in [1.29, 1.82) is 0 Å². The first-order valence-corrected chi connectivity index (χ1v) is 9.23. The Labute approximate surface area is 160 Å². The smallest absolute Gasteiger partial charge is 0.257 e. The first-order valence-electron chi connectivity index (χ1n) is 9.23. The maximum absolute atomic E-state index is 12.0. The van der Waals surface area contributed by atoms with Crippen LogP contribution in [0.25, 0.3) is 0 Å². The molecule has 0 unspecified atom stereocenters. The van der Waals surface area contributed by atoms with Crippen molar-refractivity contribution in [3.8, 4) is 11.5 Å². The fourth-order valence-corrected chi connectivity index (χ4v) is 2.60. The number of amides is 1. The van der Waals surface area contributed by atoms with Crippen LogP contribution in [-0.2, 0) is 11.2 Å². The van der Waals surface area contributed by atoms with E-state index < -0.39 is 0 Å². The summed E-state index contributed by atoms with van der Waals surface area (Å²) in [5.74, 6) is 1.22. The lowest BCUT2D eigenvalue weighted by Crippen LogP contribution is -2.30. The number of rotatable bonds is 10. The Morgan fingerprint density at radius 1 is 1.07 bits per heavy atom. The average Bonchev–Trinajstić information content (AvgIpc) is 2.67. The Balaban J connectivity index is 1.80. The van der Waals surface area contributed by atoms with Crippen LogP contribution in [0.1, 0.15) is 48.2 Å². The van der Waals surface area contributed by atoms with Crippen LogP contribution in [0, 0.1) is 0 Å². The molecule has 0 radical (unpaired) electrons. The number of benzene rings is 2. The van der Waals surface area contributed by atoms with Crippen molar-refractivity contribution in [1.82, 2.24) is 5.32 Å². The van der Waals surface area contributed by atoms with Gasteiger partial charge in [0.1, 0.15) is 6.29 Å². The highest BCUT2D eigenvalue weighted by atomic mass is 16.5. The molecule has 0 heterocycles. The van der Waals surface area contributed by atoms with E-state index in [4.69, 9.17) is 9.47 Å². The Bertz CT molecular complexity index is 753. The molecule has 5 nitrogen and oxygen atoms in total. The molecule has 0 bridgehead atoms. The van der Waals surface area contributed by atoms with E-state index in [0.717, 1.165) is 12.7 Å². The third-order valence-corrected chi connectivity index (χ3v) is 4.14. The van der Waals surface area contributed by atoms with Gasteiger partial charge in [0.05, 0.1) is 6.61 Å². The zero-order valence-corrected chi connectivity index (χ0v) is 16.2. The van der Waals surface area contributed by atoms with Gasteiger partial charge in [-0.1, -0.05) is 38.1 Å². The molecule has 2 rings (SSSR count). The van der Waals surface area contributed by atoms with Gasteiger partial charge in [-0.2, -0.15) is 0 Å². The van der Waals surface area contributed by atoms with Gasteiger partial charge in [0.2, 0.25) is 0 Å². The fourth-order valence-electron chi connectivity index (χ4n) is 2.60. The average molecular weight is 369 g/mol. The molecule has 5 heteroatoms. The lowest BCUT2D eigenvalue weighted by atomic mass is 10.0. The van der Waals surface area contributed by atoms with E-state index in [0.29, 0.717) is 36.1 Å². The number of ether oxygens (including phenoxy) is 2. The summed E-state index contributed by atoms with van der Waals surface area (Å²) in [6.07, 6.45) is 1.51. The molecule has 0 fully saturated rings. The number of hydrogen-bond acceptors (Lipinski definition) is 4. The van der Waals surface area contributed by atoms with Crippen LogP contribution in [0.5, 0.6) is 11.5 Å². The number of carbonyl (C=O) groups excluding carboxylic acids is 2. The Kier molecular flexibility index (Phi) is 7.86. The molecule has 0 atom stereocenters. The predicted molar refractivity (Wildman–Crippen MR) is 106 cm³/mol. The molecular formula is C22H27NO4. The summed E-state index contributed by atoms with van der Waals surface area (Å²) in [5, 5.41) is 2.85. The van der Waals surface area contributed by atoms with Gasteiger partial charge in [-0.25, -0.2) is 0 Å². The molecule has 0 aliphatic rings. The molecule has 2 aromatic rings. The minimum Gasteiger partial charge on any atom is -0.490 e. The van der Waals surface area contributed by atoms with Crippen molar-refractivity contribution >= 4 is 12.2 Å². The second-order valence-corrected chi connectivity index (χ2v) is 6.54. The highest BCUT2D eigenvalue weighted by Crippen LogP contribution is 2.28. The maximum atomic E-state index is 12.0. The van der Waals surface area contributed by atoms with E-state index in [1.807, 2.05) is 6.92 Å². The Morgan fingerprint density at radius 2 is 1.81 bits per heavy atom. The summed E-state index contributed by atoms with van der Waals surface area (Å²) in [4.78, 5) is 22.9. The van der Waals surface area contributed by atoms with Gasteiger partial charge in [-0.05, 0) is 48.6 Å². The van der Waals surface area contributed by atoms with Crippen molar-refractivity contribution in [3.63, 3.8) is 0 Å². The summed E-state index contributed by atoms with van der Waals surface area (Å²) in [7, 11) is 0. The second-order valence-electron chi connectivity index (χ2n) is 6.54. The van der Waals surface area contributed by atoms with Crippen LogP contribution in [0.4, 0.5) is 0 Å². The number of carbonyl (C=O) groups is 2. The number of hydrogen-bond donors (Lipinski definition) is 1. The lowest BCUT2D eigenvalue weighted by molar-refractivity contribution is -0.123. The fraction of sp³-hybridized carbons (Fsp3) is 0.364. The quantitative estimate of drug-likeness (QED) is 0.648. The van der Waals surface area contributed by atoms with Crippen molar-refractivity contribution in [3.05, 3.63) is 59.2 Å². The molecule has 0 saturated heterocycles. The van der Waals surface area contributed by atoms with Gasteiger partial charge in [0, 0.05) is 12.1 Å². The molecule has 144 valence electrons. The minimum atomic E-state index is -0.198. The van der Waals surface area contributed by atoms with E-state index in [1.54, 1.807) is 18.2 Å². The molecule has 27 heavy (non-hydrogen) atoms. The molecule has 0 aliphatic heterocycles. The second kappa shape index (κ2) is 10.4. The van der Waals surface area contributed by atoms with Crippen LogP contribution < -0.4 is 14.8 Å². The first-order chi connectivity index (χ1) is 13.0. The highest BCUT2D eigenvalue weighted by Gasteiger charge is 2.09. The number of nitrogens with one attached hydrogen (secondary N) is 1. The molecule has 0 aliphatic carbocycles. The lowest BCUT2D eigenvalue weighted by Gasteiger charge is -2.12. The van der Waals surface area contributed by atoms with Crippen molar-refractivity contribution in [2.45, 2.75) is 33.1 Å². The minimum absolute atomic E-state index is 0.104. The van der Waals surface area contributed by atoms with E-state index in [2.05, 4.69) is 43.4 Å². The van der Waals surface area contributed by atoms with Crippen molar-refractivity contribution < 1.29 is 19.1 Å².